The van der Waals surface area contributed by atoms with Crippen LogP contribution in [-0.4, -0.2) is 17.6 Å². The van der Waals surface area contributed by atoms with E-state index in [1.165, 1.54) is 5.56 Å². The Morgan fingerprint density at radius 2 is 2.25 bits per heavy atom. The highest BCUT2D eigenvalue weighted by Gasteiger charge is 2.22. The van der Waals surface area contributed by atoms with Gasteiger partial charge in [0, 0.05) is 12.6 Å². The first-order chi connectivity index (χ1) is 9.78. The first kappa shape index (κ1) is 12.3. The summed E-state index contributed by atoms with van der Waals surface area (Å²) in [5, 5.41) is 12.1. The number of pyridine rings is 1. The molecule has 100 valence electrons. The summed E-state index contributed by atoms with van der Waals surface area (Å²) in [4.78, 5) is 4.15. The summed E-state index contributed by atoms with van der Waals surface area (Å²) in [5.74, 6) is 1.47. The van der Waals surface area contributed by atoms with Crippen LogP contribution in [-0.2, 0) is 6.42 Å². The highest BCUT2D eigenvalue weighted by molar-refractivity contribution is 5.68. The summed E-state index contributed by atoms with van der Waals surface area (Å²) in [6.07, 6.45) is 2.49. The minimum Gasteiger partial charge on any atom is -0.488 e. The second-order valence-corrected chi connectivity index (χ2v) is 4.67. The molecule has 1 unspecified atom stereocenters. The molecule has 2 heterocycles. The Bertz CT molecular complexity index is 653. The van der Waals surface area contributed by atoms with Crippen LogP contribution in [0, 0.1) is 11.3 Å². The van der Waals surface area contributed by atoms with Crippen molar-refractivity contribution in [3.05, 3.63) is 47.7 Å². The first-order valence-corrected chi connectivity index (χ1v) is 6.41. The number of nitriles is 1. The molecule has 1 aliphatic rings. The number of aromatic nitrogens is 1. The molecule has 3 rings (SSSR count). The van der Waals surface area contributed by atoms with Gasteiger partial charge in [0.25, 0.3) is 0 Å². The predicted octanol–water partition coefficient (Wildman–Crippen LogP) is 1.95. The fourth-order valence-corrected chi connectivity index (χ4v) is 2.29. The molecule has 3 N–H and O–H groups in total. The van der Waals surface area contributed by atoms with Gasteiger partial charge in [-0.05, 0) is 17.7 Å². The van der Waals surface area contributed by atoms with E-state index in [2.05, 4.69) is 16.4 Å². The first-order valence-electron chi connectivity index (χ1n) is 6.41. The van der Waals surface area contributed by atoms with Gasteiger partial charge >= 0.3 is 0 Å². The van der Waals surface area contributed by atoms with E-state index in [1.54, 1.807) is 12.3 Å². The molecule has 1 aromatic heterocycles. The minimum absolute atomic E-state index is 0.0549. The minimum atomic E-state index is 0.0549. The van der Waals surface area contributed by atoms with Crippen molar-refractivity contribution in [2.24, 2.45) is 0 Å². The lowest BCUT2D eigenvalue weighted by Crippen LogP contribution is -2.24. The van der Waals surface area contributed by atoms with E-state index in [1.807, 2.05) is 24.3 Å². The summed E-state index contributed by atoms with van der Waals surface area (Å²) in [5.41, 5.74) is 7.90. The van der Waals surface area contributed by atoms with E-state index in [0.29, 0.717) is 23.6 Å². The Balaban J connectivity index is 1.66. The number of nitrogens with zero attached hydrogens (tertiary/aromatic N) is 2. The number of nitrogen functional groups attached to an aromatic ring is 1. The normalized spacial score (nSPS) is 16.1. The molecule has 0 fully saturated rings. The summed E-state index contributed by atoms with van der Waals surface area (Å²) >= 11 is 0. The molecular formula is C15H14N4O. The van der Waals surface area contributed by atoms with Gasteiger partial charge in [-0.2, -0.15) is 5.26 Å². The number of hydrogen-bond donors (Lipinski definition) is 2. The molecular weight excluding hydrogens is 252 g/mol. The number of ether oxygens (including phenoxy) is 1. The van der Waals surface area contributed by atoms with Crippen molar-refractivity contribution < 1.29 is 4.74 Å². The zero-order chi connectivity index (χ0) is 13.9. The topological polar surface area (TPSA) is 84.0 Å². The lowest BCUT2D eigenvalue weighted by atomic mass is 10.1. The fourth-order valence-electron chi connectivity index (χ4n) is 2.29. The number of rotatable bonds is 3. The number of nitrogens with one attached hydrogen (secondary N) is 1. The number of fused-ring (bicyclic) bond motifs is 1. The maximum atomic E-state index is 8.93. The number of benzene rings is 1. The molecule has 0 spiro atoms. The standard InChI is InChI=1S/C15H14N4O/c16-8-11-5-6-18-15(14(11)17)19-9-12-7-10-3-1-2-4-13(10)20-12/h1-6,12H,7,9,17H2,(H,18,19). The van der Waals surface area contributed by atoms with Gasteiger partial charge in [0.1, 0.15) is 17.9 Å². The average Bonchev–Trinajstić information content (AvgIpc) is 2.89. The Morgan fingerprint density at radius 3 is 3.05 bits per heavy atom. The molecule has 0 aliphatic carbocycles. The Labute approximate surface area is 117 Å². The molecule has 0 bridgehead atoms. The van der Waals surface area contributed by atoms with E-state index in [9.17, 15) is 0 Å². The van der Waals surface area contributed by atoms with Crippen molar-refractivity contribution in [3.8, 4) is 11.8 Å². The summed E-state index contributed by atoms with van der Waals surface area (Å²) in [6, 6.07) is 11.7. The Morgan fingerprint density at radius 1 is 1.40 bits per heavy atom. The third-order valence-corrected chi connectivity index (χ3v) is 3.32. The third kappa shape index (κ3) is 2.24. The van der Waals surface area contributed by atoms with Crippen molar-refractivity contribution in [3.63, 3.8) is 0 Å². The third-order valence-electron chi connectivity index (χ3n) is 3.32. The van der Waals surface area contributed by atoms with Gasteiger partial charge in [0.05, 0.1) is 17.8 Å². The molecule has 0 saturated carbocycles. The molecule has 5 heteroatoms. The predicted molar refractivity (Wildman–Crippen MR) is 76.4 cm³/mol. The van der Waals surface area contributed by atoms with Crippen molar-refractivity contribution in [2.45, 2.75) is 12.5 Å². The number of hydrogen-bond acceptors (Lipinski definition) is 5. The van der Waals surface area contributed by atoms with Crippen molar-refractivity contribution in [2.75, 3.05) is 17.6 Å². The van der Waals surface area contributed by atoms with Crippen LogP contribution >= 0.6 is 0 Å². The van der Waals surface area contributed by atoms with E-state index >= 15 is 0 Å². The van der Waals surface area contributed by atoms with Gasteiger partial charge in [0.15, 0.2) is 5.82 Å². The van der Waals surface area contributed by atoms with Gasteiger partial charge < -0.3 is 15.8 Å². The smallest absolute Gasteiger partial charge is 0.150 e. The molecule has 0 amide bonds. The molecule has 0 saturated heterocycles. The van der Waals surface area contributed by atoms with E-state index < -0.39 is 0 Å². The van der Waals surface area contributed by atoms with Crippen LogP contribution in [0.3, 0.4) is 0 Å². The highest BCUT2D eigenvalue weighted by Crippen LogP contribution is 2.28. The van der Waals surface area contributed by atoms with Gasteiger partial charge in [-0.3, -0.25) is 0 Å². The van der Waals surface area contributed by atoms with Crippen molar-refractivity contribution in [1.82, 2.24) is 4.98 Å². The van der Waals surface area contributed by atoms with Crippen LogP contribution in [0.25, 0.3) is 0 Å². The maximum absolute atomic E-state index is 8.93. The number of nitrogens with two attached hydrogens (primary N) is 1. The zero-order valence-electron chi connectivity index (χ0n) is 10.8. The Hall–Kier alpha value is -2.74. The second kappa shape index (κ2) is 5.10. The average molecular weight is 266 g/mol. The fraction of sp³-hybridized carbons (Fsp3) is 0.200. The molecule has 1 aliphatic heterocycles. The maximum Gasteiger partial charge on any atom is 0.150 e. The van der Waals surface area contributed by atoms with Crippen LogP contribution in [0.1, 0.15) is 11.1 Å². The van der Waals surface area contributed by atoms with Crippen LogP contribution in [0.2, 0.25) is 0 Å². The number of para-hydroxylation sites is 1. The second-order valence-electron chi connectivity index (χ2n) is 4.67. The van der Waals surface area contributed by atoms with E-state index in [-0.39, 0.29) is 6.10 Å². The van der Waals surface area contributed by atoms with E-state index in [0.717, 1.165) is 12.2 Å². The largest absolute Gasteiger partial charge is 0.488 e. The lowest BCUT2D eigenvalue weighted by Gasteiger charge is -2.13. The van der Waals surface area contributed by atoms with Gasteiger partial charge in [0.2, 0.25) is 0 Å². The molecule has 5 nitrogen and oxygen atoms in total. The SMILES string of the molecule is N#Cc1ccnc(NCC2Cc3ccccc3O2)c1N. The van der Waals surface area contributed by atoms with Gasteiger partial charge in [-0.1, -0.05) is 18.2 Å². The van der Waals surface area contributed by atoms with Crippen LogP contribution < -0.4 is 15.8 Å². The van der Waals surface area contributed by atoms with Gasteiger partial charge in [-0.25, -0.2) is 4.98 Å². The highest BCUT2D eigenvalue weighted by atomic mass is 16.5. The van der Waals surface area contributed by atoms with Crippen molar-refractivity contribution >= 4 is 11.5 Å². The summed E-state index contributed by atoms with van der Waals surface area (Å²) < 4.78 is 5.83. The quantitative estimate of drug-likeness (QED) is 0.887. The summed E-state index contributed by atoms with van der Waals surface area (Å²) in [6.45, 7) is 0.598. The monoisotopic (exact) mass is 266 g/mol. The number of anilines is 2. The molecule has 2 aromatic rings. The van der Waals surface area contributed by atoms with Crippen molar-refractivity contribution in [1.29, 1.82) is 5.26 Å². The molecule has 1 aromatic carbocycles. The van der Waals surface area contributed by atoms with Crippen LogP contribution in [0.15, 0.2) is 36.5 Å². The lowest BCUT2D eigenvalue weighted by molar-refractivity contribution is 0.246. The Kier molecular flexibility index (Phi) is 3.13. The zero-order valence-corrected chi connectivity index (χ0v) is 10.8. The summed E-state index contributed by atoms with van der Waals surface area (Å²) in [7, 11) is 0. The van der Waals surface area contributed by atoms with Crippen LogP contribution in [0.4, 0.5) is 11.5 Å². The van der Waals surface area contributed by atoms with E-state index in [4.69, 9.17) is 15.7 Å². The van der Waals surface area contributed by atoms with Crippen LogP contribution in [0.5, 0.6) is 5.75 Å². The van der Waals surface area contributed by atoms with Gasteiger partial charge in [-0.15, -0.1) is 0 Å². The molecule has 1 atom stereocenters. The molecule has 20 heavy (non-hydrogen) atoms. The molecule has 0 radical (unpaired) electrons.